The molecule has 0 unspecified atom stereocenters. The number of hydrogen-bond donors (Lipinski definition) is 0. The highest BCUT2D eigenvalue weighted by atomic mass is 35.5. The third-order valence-electron chi connectivity index (χ3n) is 1.41. The van der Waals surface area contributed by atoms with Crippen LogP contribution in [0, 0.1) is 5.82 Å². The summed E-state index contributed by atoms with van der Waals surface area (Å²) in [5.41, 5.74) is 1.17. The smallest absolute Gasteiger partial charge is 0.149 e. The quantitative estimate of drug-likeness (QED) is 0.605. The Hall–Kier alpha value is -0.820. The molecule has 0 saturated carbocycles. The zero-order valence-corrected chi connectivity index (χ0v) is 6.95. The third-order valence-corrected chi connectivity index (χ3v) is 1.70. The minimum Gasteiger partial charge on any atom is -0.205 e. The van der Waals surface area contributed by atoms with Crippen LogP contribution in [-0.2, 0) is 0 Å². The summed E-state index contributed by atoms with van der Waals surface area (Å²) in [4.78, 5) is 0. The average Bonchev–Trinajstić information content (AvgIpc) is 1.94. The molecule has 0 aromatic heterocycles. The van der Waals surface area contributed by atoms with Gasteiger partial charge in [-0.2, -0.15) is 0 Å². The van der Waals surface area contributed by atoms with Crippen LogP contribution in [0.15, 0.2) is 24.8 Å². The Kier molecular flexibility index (Phi) is 2.30. The number of halogens is 2. The van der Waals surface area contributed by atoms with Crippen molar-refractivity contribution in [3.8, 4) is 0 Å². The molecule has 11 heavy (non-hydrogen) atoms. The van der Waals surface area contributed by atoms with Crippen molar-refractivity contribution in [1.82, 2.24) is 0 Å². The van der Waals surface area contributed by atoms with Crippen molar-refractivity contribution in [2.75, 3.05) is 0 Å². The number of allylic oxidation sites excluding steroid dienone is 1. The molecule has 0 saturated heterocycles. The first-order valence-corrected chi connectivity index (χ1v) is 3.60. The molecular formula is C9H8ClF. The van der Waals surface area contributed by atoms with E-state index in [1.54, 1.807) is 19.1 Å². The van der Waals surface area contributed by atoms with Gasteiger partial charge in [0.15, 0.2) is 0 Å². The molecule has 0 bridgehead atoms. The molecule has 0 heterocycles. The molecule has 0 aliphatic carbocycles. The minimum absolute atomic E-state index is 0.144. The maximum absolute atomic E-state index is 13.1. The van der Waals surface area contributed by atoms with E-state index in [4.69, 9.17) is 11.6 Å². The molecule has 0 radical (unpaired) electrons. The fraction of sp³-hybridized carbons (Fsp3) is 0.111. The summed E-state index contributed by atoms with van der Waals surface area (Å²) in [6.07, 6.45) is 0. The molecule has 0 aliphatic heterocycles. The van der Waals surface area contributed by atoms with Gasteiger partial charge in [-0.05, 0) is 18.6 Å². The van der Waals surface area contributed by atoms with Gasteiger partial charge < -0.3 is 0 Å². The van der Waals surface area contributed by atoms with Crippen molar-refractivity contribution in [3.05, 3.63) is 41.2 Å². The number of rotatable bonds is 1. The van der Waals surface area contributed by atoms with E-state index < -0.39 is 0 Å². The molecule has 0 nitrogen and oxygen atoms in total. The van der Waals surface area contributed by atoms with Gasteiger partial charge >= 0.3 is 0 Å². The summed E-state index contributed by atoms with van der Waals surface area (Å²) in [6, 6.07) is 4.88. The van der Waals surface area contributed by atoms with E-state index in [1.165, 1.54) is 6.07 Å². The van der Waals surface area contributed by atoms with Crippen molar-refractivity contribution in [1.29, 1.82) is 0 Å². The monoisotopic (exact) mass is 170 g/mol. The molecule has 2 heteroatoms. The van der Waals surface area contributed by atoms with Gasteiger partial charge in [-0.3, -0.25) is 0 Å². The molecule has 1 rings (SSSR count). The Morgan fingerprint density at radius 1 is 1.55 bits per heavy atom. The van der Waals surface area contributed by atoms with Gasteiger partial charge in [0, 0.05) is 5.56 Å². The van der Waals surface area contributed by atoms with Crippen LogP contribution in [0.5, 0.6) is 0 Å². The maximum atomic E-state index is 13.1. The highest BCUT2D eigenvalue weighted by Crippen LogP contribution is 2.22. The molecule has 0 spiro atoms. The van der Waals surface area contributed by atoms with Crippen LogP contribution >= 0.6 is 11.6 Å². The van der Waals surface area contributed by atoms with Gasteiger partial charge in [0.2, 0.25) is 0 Å². The summed E-state index contributed by atoms with van der Waals surface area (Å²) in [5, 5.41) is 0.144. The average molecular weight is 171 g/mol. The molecule has 0 amide bonds. The minimum atomic E-state index is -0.387. The zero-order valence-electron chi connectivity index (χ0n) is 6.20. The fourth-order valence-corrected chi connectivity index (χ4v) is 1.01. The molecule has 1 aromatic carbocycles. The largest absolute Gasteiger partial charge is 0.205 e. The van der Waals surface area contributed by atoms with E-state index >= 15 is 0 Å². The number of hydrogen-bond acceptors (Lipinski definition) is 0. The first kappa shape index (κ1) is 8.28. The van der Waals surface area contributed by atoms with Gasteiger partial charge in [0.1, 0.15) is 5.82 Å². The van der Waals surface area contributed by atoms with E-state index in [0.717, 1.165) is 0 Å². The summed E-state index contributed by atoms with van der Waals surface area (Å²) in [5.74, 6) is -0.387. The van der Waals surface area contributed by atoms with Crippen LogP contribution in [0.1, 0.15) is 12.5 Å². The van der Waals surface area contributed by atoms with Crippen molar-refractivity contribution < 1.29 is 4.39 Å². The van der Waals surface area contributed by atoms with Gasteiger partial charge in [0.25, 0.3) is 0 Å². The highest BCUT2D eigenvalue weighted by Gasteiger charge is 2.04. The Morgan fingerprint density at radius 2 is 2.18 bits per heavy atom. The zero-order chi connectivity index (χ0) is 8.43. The van der Waals surface area contributed by atoms with E-state index in [9.17, 15) is 4.39 Å². The molecule has 0 aliphatic rings. The second kappa shape index (κ2) is 3.05. The summed E-state index contributed by atoms with van der Waals surface area (Å²) < 4.78 is 13.1. The Morgan fingerprint density at radius 3 is 2.64 bits per heavy atom. The Bertz CT molecular complexity index is 292. The lowest BCUT2D eigenvalue weighted by atomic mass is 10.1. The van der Waals surface area contributed by atoms with Gasteiger partial charge in [-0.1, -0.05) is 30.3 Å². The van der Waals surface area contributed by atoms with Crippen molar-refractivity contribution in [3.63, 3.8) is 0 Å². The molecule has 0 atom stereocenters. The van der Waals surface area contributed by atoms with E-state index in [0.29, 0.717) is 11.1 Å². The second-order valence-corrected chi connectivity index (χ2v) is 2.79. The highest BCUT2D eigenvalue weighted by molar-refractivity contribution is 6.30. The molecule has 58 valence electrons. The Balaban J connectivity index is 3.27. The molecule has 1 aromatic rings. The lowest BCUT2D eigenvalue weighted by molar-refractivity contribution is 0.624. The predicted octanol–water partition coefficient (Wildman–Crippen LogP) is 3.51. The van der Waals surface area contributed by atoms with E-state index in [1.807, 2.05) is 0 Å². The van der Waals surface area contributed by atoms with Crippen LogP contribution in [0.4, 0.5) is 4.39 Å². The fourth-order valence-electron chi connectivity index (χ4n) is 0.833. The van der Waals surface area contributed by atoms with E-state index in [2.05, 4.69) is 6.58 Å². The SMILES string of the molecule is C=C(C)c1cccc(Cl)c1F. The van der Waals surface area contributed by atoms with Gasteiger partial charge in [-0.25, -0.2) is 4.39 Å². The van der Waals surface area contributed by atoms with Crippen LogP contribution < -0.4 is 0 Å². The van der Waals surface area contributed by atoms with E-state index in [-0.39, 0.29) is 10.8 Å². The van der Waals surface area contributed by atoms with Crippen molar-refractivity contribution >= 4 is 17.2 Å². The maximum Gasteiger partial charge on any atom is 0.149 e. The topological polar surface area (TPSA) is 0 Å². The molecule has 0 N–H and O–H groups in total. The summed E-state index contributed by atoms with van der Waals surface area (Å²) in [7, 11) is 0. The van der Waals surface area contributed by atoms with Crippen LogP contribution in [0.2, 0.25) is 5.02 Å². The first-order valence-electron chi connectivity index (χ1n) is 3.23. The normalized spacial score (nSPS) is 9.73. The van der Waals surface area contributed by atoms with Crippen LogP contribution in [0.3, 0.4) is 0 Å². The lowest BCUT2D eigenvalue weighted by Crippen LogP contribution is -1.85. The van der Waals surface area contributed by atoms with Crippen LogP contribution in [-0.4, -0.2) is 0 Å². The van der Waals surface area contributed by atoms with Crippen molar-refractivity contribution in [2.24, 2.45) is 0 Å². The van der Waals surface area contributed by atoms with Crippen LogP contribution in [0.25, 0.3) is 5.57 Å². The standard InChI is InChI=1S/C9H8ClF/c1-6(2)7-4-3-5-8(10)9(7)11/h3-5H,1H2,2H3. The second-order valence-electron chi connectivity index (χ2n) is 2.38. The predicted molar refractivity (Wildman–Crippen MR) is 46.1 cm³/mol. The van der Waals surface area contributed by atoms with Crippen molar-refractivity contribution in [2.45, 2.75) is 6.92 Å². The first-order chi connectivity index (χ1) is 5.13. The molecule has 0 fully saturated rings. The summed E-state index contributed by atoms with van der Waals surface area (Å²) >= 11 is 5.54. The lowest BCUT2D eigenvalue weighted by Gasteiger charge is -2.01. The Labute approximate surface area is 70.3 Å². The molecular weight excluding hydrogens is 163 g/mol. The third kappa shape index (κ3) is 1.60. The summed E-state index contributed by atoms with van der Waals surface area (Å²) in [6.45, 7) is 5.37. The van der Waals surface area contributed by atoms with Gasteiger partial charge in [0.05, 0.1) is 5.02 Å². The number of benzene rings is 1. The van der Waals surface area contributed by atoms with Gasteiger partial charge in [-0.15, -0.1) is 0 Å².